The average Bonchev–Trinajstić information content (AvgIpc) is 2.38. The Morgan fingerprint density at radius 1 is 1.43 bits per heavy atom. The minimum absolute atomic E-state index is 0.0697. The van der Waals surface area contributed by atoms with E-state index in [0.717, 1.165) is 6.07 Å². The van der Waals surface area contributed by atoms with Gasteiger partial charge in [0.2, 0.25) is 15.9 Å². The van der Waals surface area contributed by atoms with Crippen molar-refractivity contribution in [1.29, 1.82) is 0 Å². The lowest BCUT2D eigenvalue weighted by molar-refractivity contribution is -0.124. The van der Waals surface area contributed by atoms with Crippen molar-refractivity contribution in [2.75, 3.05) is 12.3 Å². The summed E-state index contributed by atoms with van der Waals surface area (Å²) in [6.45, 7) is 3.48. The first kappa shape index (κ1) is 15.7. The highest BCUT2D eigenvalue weighted by molar-refractivity contribution is 7.89. The summed E-state index contributed by atoms with van der Waals surface area (Å²) in [6, 6.07) is 0.270. The molecule has 2 rings (SSSR count). The number of halogens is 1. The van der Waals surface area contributed by atoms with Crippen molar-refractivity contribution in [3.8, 4) is 0 Å². The summed E-state index contributed by atoms with van der Waals surface area (Å²) < 4.78 is 40.9. The number of rotatable bonds is 3. The average molecular weight is 315 g/mol. The van der Waals surface area contributed by atoms with E-state index in [1.165, 1.54) is 13.8 Å². The van der Waals surface area contributed by atoms with E-state index in [0.29, 0.717) is 19.4 Å². The number of carbonyl (C=O) groups is 1. The van der Waals surface area contributed by atoms with Crippen LogP contribution in [0.15, 0.2) is 11.0 Å². The fourth-order valence-electron chi connectivity index (χ4n) is 2.47. The lowest BCUT2D eigenvalue weighted by Gasteiger charge is -2.23. The van der Waals surface area contributed by atoms with Crippen LogP contribution in [0.5, 0.6) is 0 Å². The molecule has 0 radical (unpaired) electrons. The monoisotopic (exact) mass is 315 g/mol. The van der Waals surface area contributed by atoms with E-state index in [-0.39, 0.29) is 27.6 Å². The highest BCUT2D eigenvalue weighted by atomic mass is 32.2. The molecule has 8 heteroatoms. The summed E-state index contributed by atoms with van der Waals surface area (Å²) in [7, 11) is -3.95. The molecule has 1 fully saturated rings. The zero-order valence-corrected chi connectivity index (χ0v) is 12.7. The minimum atomic E-state index is -3.95. The molecule has 1 aromatic carbocycles. The Balaban J connectivity index is 2.40. The number of nitrogens with two attached hydrogens (primary N) is 1. The Labute approximate surface area is 123 Å². The van der Waals surface area contributed by atoms with Crippen molar-refractivity contribution in [3.05, 3.63) is 23.0 Å². The van der Waals surface area contributed by atoms with Gasteiger partial charge in [-0.15, -0.1) is 0 Å². The van der Waals surface area contributed by atoms with Crippen LogP contribution in [0.3, 0.4) is 0 Å². The molecule has 1 aliphatic rings. The molecule has 1 aliphatic heterocycles. The van der Waals surface area contributed by atoms with Crippen molar-refractivity contribution in [3.63, 3.8) is 0 Å². The standard InChI is InChI=1S/C13H18FN3O3S/c1-7-6-9(14)11(15)8(2)12(7)21(19,20)17-10-4-3-5-16-13(10)18/h6,10,17H,3-5,15H2,1-2H3,(H,16,18). The SMILES string of the molecule is Cc1cc(F)c(N)c(C)c1S(=O)(=O)NC1CCCNC1=O. The molecule has 116 valence electrons. The normalized spacial score (nSPS) is 19.4. The number of nitrogen functional groups attached to an aromatic ring is 1. The van der Waals surface area contributed by atoms with Crippen LogP contribution < -0.4 is 15.8 Å². The first-order valence-corrected chi connectivity index (χ1v) is 8.07. The molecule has 1 heterocycles. The first-order valence-electron chi connectivity index (χ1n) is 6.59. The van der Waals surface area contributed by atoms with Gasteiger partial charge in [-0.05, 0) is 43.9 Å². The van der Waals surface area contributed by atoms with Gasteiger partial charge in [-0.1, -0.05) is 0 Å². The van der Waals surface area contributed by atoms with Gasteiger partial charge in [0.05, 0.1) is 10.6 Å². The molecule has 0 saturated carbocycles. The number of aryl methyl sites for hydroxylation is 1. The number of hydrogen-bond acceptors (Lipinski definition) is 4. The molecule has 6 nitrogen and oxygen atoms in total. The molecule has 21 heavy (non-hydrogen) atoms. The van der Waals surface area contributed by atoms with Crippen molar-refractivity contribution in [2.24, 2.45) is 0 Å². The van der Waals surface area contributed by atoms with Gasteiger partial charge >= 0.3 is 0 Å². The van der Waals surface area contributed by atoms with Crippen LogP contribution in [0, 0.1) is 19.7 Å². The van der Waals surface area contributed by atoms with E-state index in [1.54, 1.807) is 0 Å². The number of piperidine rings is 1. The molecule has 4 N–H and O–H groups in total. The minimum Gasteiger partial charge on any atom is -0.396 e. The predicted molar refractivity (Wildman–Crippen MR) is 76.6 cm³/mol. The first-order chi connectivity index (χ1) is 9.74. The summed E-state index contributed by atoms with van der Waals surface area (Å²) >= 11 is 0. The predicted octanol–water partition coefficient (Wildman–Crippen LogP) is 0.582. The van der Waals surface area contributed by atoms with Crippen LogP contribution in [0.25, 0.3) is 0 Å². The van der Waals surface area contributed by atoms with E-state index >= 15 is 0 Å². The summed E-state index contributed by atoms with van der Waals surface area (Å²) in [5, 5.41) is 2.61. The Hall–Kier alpha value is -1.67. The fourth-order valence-corrected chi connectivity index (χ4v) is 4.19. The van der Waals surface area contributed by atoms with Gasteiger partial charge in [0, 0.05) is 6.54 Å². The number of benzene rings is 1. The van der Waals surface area contributed by atoms with Crippen molar-refractivity contribution in [2.45, 2.75) is 37.6 Å². The highest BCUT2D eigenvalue weighted by Crippen LogP contribution is 2.27. The van der Waals surface area contributed by atoms with Crippen LogP contribution >= 0.6 is 0 Å². The summed E-state index contributed by atoms with van der Waals surface area (Å²) in [6.07, 6.45) is 1.13. The lowest BCUT2D eigenvalue weighted by Crippen LogP contribution is -2.50. The molecule has 1 saturated heterocycles. The van der Waals surface area contributed by atoms with Gasteiger partial charge in [-0.3, -0.25) is 4.79 Å². The van der Waals surface area contributed by atoms with Gasteiger partial charge in [0.15, 0.2) is 0 Å². The van der Waals surface area contributed by atoms with Gasteiger partial charge in [0.1, 0.15) is 11.9 Å². The Morgan fingerprint density at radius 2 is 2.10 bits per heavy atom. The molecular weight excluding hydrogens is 297 g/mol. The van der Waals surface area contributed by atoms with Crippen LogP contribution in [0.2, 0.25) is 0 Å². The van der Waals surface area contributed by atoms with Crippen molar-refractivity contribution < 1.29 is 17.6 Å². The lowest BCUT2D eigenvalue weighted by atomic mass is 10.1. The Kier molecular flexibility index (Phi) is 4.20. The molecule has 1 atom stereocenters. The third-order valence-corrected chi connectivity index (χ3v) is 5.32. The molecule has 0 spiro atoms. The third kappa shape index (κ3) is 3.01. The van der Waals surface area contributed by atoms with Crippen molar-refractivity contribution >= 4 is 21.6 Å². The number of nitrogens with one attached hydrogen (secondary N) is 2. The Bertz CT molecular complexity index is 688. The summed E-state index contributed by atoms with van der Waals surface area (Å²) in [4.78, 5) is 11.6. The quantitative estimate of drug-likeness (QED) is 0.710. The number of sulfonamides is 1. The molecule has 1 unspecified atom stereocenters. The van der Waals surface area contributed by atoms with E-state index < -0.39 is 21.9 Å². The maximum atomic E-state index is 13.5. The maximum Gasteiger partial charge on any atom is 0.241 e. The van der Waals surface area contributed by atoms with Crippen molar-refractivity contribution in [1.82, 2.24) is 10.0 Å². The van der Waals surface area contributed by atoms with Crippen LogP contribution in [-0.2, 0) is 14.8 Å². The zero-order valence-electron chi connectivity index (χ0n) is 11.9. The maximum absolute atomic E-state index is 13.5. The van der Waals surface area contributed by atoms with E-state index in [4.69, 9.17) is 5.73 Å². The summed E-state index contributed by atoms with van der Waals surface area (Å²) in [5.41, 5.74) is 5.76. The molecule has 1 aromatic rings. The zero-order chi connectivity index (χ0) is 15.8. The van der Waals surface area contributed by atoms with Crippen LogP contribution in [-0.4, -0.2) is 26.9 Å². The van der Waals surface area contributed by atoms with Gasteiger partial charge in [-0.25, -0.2) is 12.8 Å². The molecule has 1 amide bonds. The topological polar surface area (TPSA) is 101 Å². The third-order valence-electron chi connectivity index (χ3n) is 3.55. The van der Waals surface area contributed by atoms with Gasteiger partial charge in [-0.2, -0.15) is 4.72 Å². The molecule has 0 bridgehead atoms. The van der Waals surface area contributed by atoms with E-state index in [1.807, 2.05) is 0 Å². The highest BCUT2D eigenvalue weighted by Gasteiger charge is 2.30. The molecule has 0 aromatic heterocycles. The molecule has 0 aliphatic carbocycles. The second kappa shape index (κ2) is 5.61. The van der Waals surface area contributed by atoms with E-state index in [9.17, 15) is 17.6 Å². The van der Waals surface area contributed by atoms with Gasteiger partial charge in [0.25, 0.3) is 0 Å². The fraction of sp³-hybridized carbons (Fsp3) is 0.462. The smallest absolute Gasteiger partial charge is 0.241 e. The number of amides is 1. The van der Waals surface area contributed by atoms with Gasteiger partial charge < -0.3 is 11.1 Å². The molecular formula is C13H18FN3O3S. The number of carbonyl (C=O) groups excluding carboxylic acids is 1. The second-order valence-electron chi connectivity index (χ2n) is 5.15. The summed E-state index contributed by atoms with van der Waals surface area (Å²) in [5.74, 6) is -1.01. The Morgan fingerprint density at radius 3 is 2.71 bits per heavy atom. The number of hydrogen-bond donors (Lipinski definition) is 3. The van der Waals surface area contributed by atoms with Crippen LogP contribution in [0.4, 0.5) is 10.1 Å². The van der Waals surface area contributed by atoms with Crippen LogP contribution in [0.1, 0.15) is 24.0 Å². The second-order valence-corrected chi connectivity index (χ2v) is 6.80. The largest absolute Gasteiger partial charge is 0.396 e. The number of anilines is 1. The van der Waals surface area contributed by atoms with E-state index in [2.05, 4.69) is 10.0 Å².